The second kappa shape index (κ2) is 16.5. The highest BCUT2D eigenvalue weighted by molar-refractivity contribution is 7.99. The number of piperazine rings is 1. The number of benzene rings is 4. The predicted octanol–water partition coefficient (Wildman–Crippen LogP) is 6.70. The molecule has 3 heterocycles. The first-order chi connectivity index (χ1) is 27.4. The highest BCUT2D eigenvalue weighted by Crippen LogP contribution is 2.37. The number of hydrogen-bond donors (Lipinski definition) is 3. The average molecular weight is 814 g/mol. The molecule has 1 aliphatic rings. The van der Waals surface area contributed by atoms with Gasteiger partial charge in [-0.05, 0) is 70.9 Å². The van der Waals surface area contributed by atoms with E-state index in [1.54, 1.807) is 28.0 Å². The van der Waals surface area contributed by atoms with E-state index in [1.165, 1.54) is 30.1 Å². The van der Waals surface area contributed by atoms with Crippen LogP contribution in [0.2, 0.25) is 0 Å². The van der Waals surface area contributed by atoms with Gasteiger partial charge < -0.3 is 20.2 Å². The van der Waals surface area contributed by atoms with Crippen LogP contribution in [0.5, 0.6) is 5.75 Å². The molecule has 2 aromatic heterocycles. The van der Waals surface area contributed by atoms with Crippen LogP contribution in [0.1, 0.15) is 26.4 Å². The summed E-state index contributed by atoms with van der Waals surface area (Å²) in [4.78, 5) is 34.5. The van der Waals surface area contributed by atoms with Gasteiger partial charge in [0.15, 0.2) is 11.5 Å². The molecule has 0 spiro atoms. The molecule has 1 aliphatic heterocycles. The standard InChI is InChI=1S/C40H34F3N7O5S2/c41-40(42,43)34-23-29(10-13-35(34)45-16-21-56-28-6-2-1-3-7-28)57(54,55)48-38(52)36-14-15-37(47-46-36)49-17-19-50(20-18-49)39(53)33-12-11-30(26-22-27(51)25-44-24-26)31-8-4-5-9-32(31)33/h1-15,22-25,45,51H,16-21H2,(H,48,52). The minimum absolute atomic E-state index is 0.0339. The van der Waals surface area contributed by atoms with Gasteiger partial charge in [-0.25, -0.2) is 13.1 Å². The Labute approximate surface area is 329 Å². The summed E-state index contributed by atoms with van der Waals surface area (Å²) in [5.74, 6) is -0.445. The molecule has 0 radical (unpaired) electrons. The number of sulfonamides is 1. The lowest BCUT2D eigenvalue weighted by Crippen LogP contribution is -2.49. The summed E-state index contributed by atoms with van der Waals surface area (Å²) < 4.78 is 69.9. The molecule has 0 atom stereocenters. The number of aromatic nitrogens is 3. The molecule has 57 heavy (non-hydrogen) atoms. The number of halogens is 3. The fraction of sp³-hybridized carbons (Fsp3) is 0.175. The third kappa shape index (κ3) is 8.94. The Balaban J connectivity index is 0.966. The van der Waals surface area contributed by atoms with Gasteiger partial charge in [0.2, 0.25) is 0 Å². The van der Waals surface area contributed by atoms with Crippen LogP contribution in [-0.2, 0) is 16.2 Å². The van der Waals surface area contributed by atoms with E-state index in [9.17, 15) is 36.3 Å². The Morgan fingerprint density at radius 2 is 1.56 bits per heavy atom. The van der Waals surface area contributed by atoms with Crippen molar-refractivity contribution in [3.05, 3.63) is 132 Å². The summed E-state index contributed by atoms with van der Waals surface area (Å²) in [6.45, 7) is 1.68. The molecule has 2 amide bonds. The molecule has 0 saturated carbocycles. The molecule has 7 rings (SSSR count). The first-order valence-electron chi connectivity index (χ1n) is 17.6. The van der Waals surface area contributed by atoms with Gasteiger partial charge in [-0.15, -0.1) is 22.0 Å². The van der Waals surface area contributed by atoms with Crippen molar-refractivity contribution in [2.45, 2.75) is 16.0 Å². The number of alkyl halides is 3. The Morgan fingerprint density at radius 1 is 0.825 bits per heavy atom. The first-order valence-corrected chi connectivity index (χ1v) is 20.1. The third-order valence-electron chi connectivity index (χ3n) is 9.23. The molecule has 6 aromatic rings. The van der Waals surface area contributed by atoms with Crippen molar-refractivity contribution in [2.75, 3.05) is 48.7 Å². The largest absolute Gasteiger partial charge is 0.506 e. The molecule has 1 saturated heterocycles. The molecule has 0 bridgehead atoms. The summed E-state index contributed by atoms with van der Waals surface area (Å²) in [5, 5.41) is 22.2. The topological polar surface area (TPSA) is 158 Å². The summed E-state index contributed by atoms with van der Waals surface area (Å²) in [7, 11) is -4.73. The SMILES string of the molecule is O=C(NS(=O)(=O)c1ccc(NCCSc2ccccc2)c(C(F)(F)F)c1)c1ccc(N2CCN(C(=O)c3ccc(-c4cncc(O)c4)c4ccccc34)CC2)nn1. The van der Waals surface area contributed by atoms with Crippen LogP contribution >= 0.6 is 11.8 Å². The zero-order chi connectivity index (χ0) is 40.2. The van der Waals surface area contributed by atoms with E-state index in [-0.39, 0.29) is 29.6 Å². The zero-order valence-corrected chi connectivity index (χ0v) is 31.6. The Hall–Kier alpha value is -6.20. The van der Waals surface area contributed by atoms with Crippen molar-refractivity contribution < 1.29 is 36.3 Å². The molecule has 0 unspecified atom stereocenters. The Bertz CT molecular complexity index is 2540. The van der Waals surface area contributed by atoms with E-state index in [4.69, 9.17) is 0 Å². The number of aromatic hydroxyl groups is 1. The number of nitrogens with one attached hydrogen (secondary N) is 2. The Kier molecular flexibility index (Phi) is 11.3. The number of carbonyl (C=O) groups is 2. The lowest BCUT2D eigenvalue weighted by Gasteiger charge is -2.35. The van der Waals surface area contributed by atoms with Crippen LogP contribution in [-0.4, -0.2) is 83.9 Å². The molecule has 3 N–H and O–H groups in total. The van der Waals surface area contributed by atoms with Crippen LogP contribution in [0.25, 0.3) is 21.9 Å². The van der Waals surface area contributed by atoms with E-state index in [0.717, 1.165) is 33.4 Å². The van der Waals surface area contributed by atoms with Crippen LogP contribution in [0, 0.1) is 0 Å². The van der Waals surface area contributed by atoms with Gasteiger partial charge in [0, 0.05) is 66.4 Å². The van der Waals surface area contributed by atoms with E-state index in [2.05, 4.69) is 20.5 Å². The van der Waals surface area contributed by atoms with Crippen LogP contribution in [0.4, 0.5) is 24.7 Å². The van der Waals surface area contributed by atoms with Gasteiger partial charge in [0.1, 0.15) is 5.75 Å². The molecule has 1 fully saturated rings. The fourth-order valence-electron chi connectivity index (χ4n) is 6.42. The number of hydrogen-bond acceptors (Lipinski definition) is 11. The second-order valence-electron chi connectivity index (χ2n) is 12.9. The van der Waals surface area contributed by atoms with E-state index < -0.39 is 32.6 Å². The number of anilines is 2. The van der Waals surface area contributed by atoms with Gasteiger partial charge in [-0.2, -0.15) is 13.2 Å². The maximum atomic E-state index is 14.0. The quantitative estimate of drug-likeness (QED) is 0.0945. The first kappa shape index (κ1) is 39.1. The summed E-state index contributed by atoms with van der Waals surface area (Å²) in [6, 6.07) is 27.3. The monoisotopic (exact) mass is 813 g/mol. The molecular formula is C40H34F3N7O5S2. The van der Waals surface area contributed by atoms with Crippen molar-refractivity contribution in [3.63, 3.8) is 0 Å². The van der Waals surface area contributed by atoms with E-state index >= 15 is 0 Å². The van der Waals surface area contributed by atoms with Crippen LogP contribution < -0.4 is 14.9 Å². The lowest BCUT2D eigenvalue weighted by atomic mass is 9.95. The normalized spacial score (nSPS) is 13.4. The van der Waals surface area contributed by atoms with E-state index in [0.29, 0.717) is 54.9 Å². The zero-order valence-electron chi connectivity index (χ0n) is 30.0. The molecule has 0 aliphatic carbocycles. The van der Waals surface area contributed by atoms with Gasteiger partial charge in [0.05, 0.1) is 16.7 Å². The molecule has 12 nitrogen and oxygen atoms in total. The van der Waals surface area contributed by atoms with Crippen LogP contribution in [0.15, 0.2) is 125 Å². The Morgan fingerprint density at radius 3 is 2.26 bits per heavy atom. The molecule has 17 heteroatoms. The number of rotatable bonds is 11. The average Bonchev–Trinajstić information content (AvgIpc) is 3.21. The minimum atomic E-state index is -4.88. The number of pyridine rings is 1. The van der Waals surface area contributed by atoms with Crippen molar-refractivity contribution in [2.24, 2.45) is 0 Å². The summed E-state index contributed by atoms with van der Waals surface area (Å²) in [5.41, 5.74) is 0.219. The maximum Gasteiger partial charge on any atom is 0.418 e. The summed E-state index contributed by atoms with van der Waals surface area (Å²) >= 11 is 1.45. The summed E-state index contributed by atoms with van der Waals surface area (Å²) in [6.07, 6.45) is -1.88. The number of nitrogens with zero attached hydrogens (tertiary/aromatic N) is 5. The van der Waals surface area contributed by atoms with Crippen LogP contribution in [0.3, 0.4) is 0 Å². The van der Waals surface area contributed by atoms with Gasteiger partial charge in [0.25, 0.3) is 21.8 Å². The van der Waals surface area contributed by atoms with Gasteiger partial charge in [-0.3, -0.25) is 14.6 Å². The molecule has 4 aromatic carbocycles. The fourth-order valence-corrected chi connectivity index (χ4v) is 8.20. The number of carbonyl (C=O) groups excluding carboxylic acids is 2. The molecular weight excluding hydrogens is 780 g/mol. The smallest absolute Gasteiger partial charge is 0.418 e. The van der Waals surface area contributed by atoms with Crippen molar-refractivity contribution in [1.82, 2.24) is 24.8 Å². The highest BCUT2D eigenvalue weighted by atomic mass is 32.2. The minimum Gasteiger partial charge on any atom is -0.506 e. The molecule has 292 valence electrons. The van der Waals surface area contributed by atoms with Crippen molar-refractivity contribution in [3.8, 4) is 16.9 Å². The van der Waals surface area contributed by atoms with Crippen molar-refractivity contribution in [1.29, 1.82) is 0 Å². The lowest BCUT2D eigenvalue weighted by molar-refractivity contribution is -0.137. The highest BCUT2D eigenvalue weighted by Gasteiger charge is 2.35. The second-order valence-corrected chi connectivity index (χ2v) is 15.8. The van der Waals surface area contributed by atoms with Gasteiger partial charge >= 0.3 is 6.18 Å². The predicted molar refractivity (Wildman–Crippen MR) is 211 cm³/mol. The number of fused-ring (bicyclic) bond motifs is 1. The third-order valence-corrected chi connectivity index (χ3v) is 11.6. The van der Waals surface area contributed by atoms with Crippen molar-refractivity contribution >= 4 is 55.9 Å². The maximum absolute atomic E-state index is 14.0. The van der Waals surface area contributed by atoms with E-state index in [1.807, 2.05) is 65.6 Å². The number of thioether (sulfide) groups is 1. The van der Waals surface area contributed by atoms with Gasteiger partial charge in [-0.1, -0.05) is 48.5 Å². The number of amides is 2.